The van der Waals surface area contributed by atoms with E-state index in [0.29, 0.717) is 13.0 Å². The molecule has 0 bridgehead atoms. The third-order valence-corrected chi connectivity index (χ3v) is 5.30. The molecule has 1 aromatic carbocycles. The van der Waals surface area contributed by atoms with Crippen molar-refractivity contribution in [2.24, 2.45) is 0 Å². The summed E-state index contributed by atoms with van der Waals surface area (Å²) in [4.78, 5) is 19.0. The Kier molecular flexibility index (Phi) is 5.48. The van der Waals surface area contributed by atoms with Crippen molar-refractivity contribution in [1.29, 1.82) is 0 Å². The van der Waals surface area contributed by atoms with Gasteiger partial charge in [0.25, 0.3) is 0 Å². The first-order chi connectivity index (χ1) is 13.6. The third kappa shape index (κ3) is 4.44. The highest BCUT2D eigenvalue weighted by molar-refractivity contribution is 6.30. The highest BCUT2D eigenvalue weighted by Gasteiger charge is 2.28. The molecule has 0 saturated carbocycles. The number of aryl methyl sites for hydroxylation is 1. The second-order valence-corrected chi connectivity index (χ2v) is 7.80. The lowest BCUT2D eigenvalue weighted by Gasteiger charge is -2.31. The van der Waals surface area contributed by atoms with Gasteiger partial charge in [-0.05, 0) is 43.0 Å². The van der Waals surface area contributed by atoms with Gasteiger partial charge in [0.2, 0.25) is 5.91 Å². The number of hydrogen-bond donors (Lipinski definition) is 0. The molecule has 1 aliphatic heterocycles. The average molecular weight is 399 g/mol. The van der Waals surface area contributed by atoms with Crippen LogP contribution in [0.4, 0.5) is 0 Å². The van der Waals surface area contributed by atoms with Crippen molar-refractivity contribution in [1.82, 2.24) is 19.7 Å². The number of piperidine rings is 1. The fourth-order valence-corrected chi connectivity index (χ4v) is 3.72. The van der Waals surface area contributed by atoms with Crippen molar-refractivity contribution in [2.75, 3.05) is 13.1 Å². The monoisotopic (exact) mass is 398 g/mol. The van der Waals surface area contributed by atoms with Crippen molar-refractivity contribution in [2.45, 2.75) is 38.6 Å². The topological polar surface area (TPSA) is 64.2 Å². The van der Waals surface area contributed by atoms with E-state index in [-0.39, 0.29) is 18.4 Å². The molecule has 1 fully saturated rings. The van der Waals surface area contributed by atoms with Crippen LogP contribution >= 0.6 is 11.6 Å². The Morgan fingerprint density at radius 3 is 2.86 bits per heavy atom. The second kappa shape index (κ2) is 8.19. The fraction of sp³-hybridized carbons (Fsp3) is 0.381. The summed E-state index contributed by atoms with van der Waals surface area (Å²) in [6, 6.07) is 7.73. The minimum absolute atomic E-state index is 0.0840. The lowest BCUT2D eigenvalue weighted by molar-refractivity contribution is -0.133. The molecular formula is C21H23ClN4O2. The van der Waals surface area contributed by atoms with Crippen LogP contribution in [0, 0.1) is 6.92 Å². The Balaban J connectivity index is 1.38. The van der Waals surface area contributed by atoms with E-state index in [1.165, 1.54) is 0 Å². The fourth-order valence-electron chi connectivity index (χ4n) is 3.59. The molecule has 0 aliphatic carbocycles. The SMILES string of the molecule is Cc1cnn(CC(=O)N2CCC[C@@H](c3ncc(Cc4ccc(Cl)cc4)o3)C2)c1. The predicted octanol–water partition coefficient (Wildman–Crippen LogP) is 3.83. The van der Waals surface area contributed by atoms with Gasteiger partial charge >= 0.3 is 0 Å². The molecule has 6 nitrogen and oxygen atoms in total. The lowest BCUT2D eigenvalue weighted by Crippen LogP contribution is -2.41. The van der Waals surface area contributed by atoms with Gasteiger partial charge in [-0.3, -0.25) is 9.48 Å². The van der Waals surface area contributed by atoms with Gasteiger partial charge in [0, 0.05) is 30.7 Å². The van der Waals surface area contributed by atoms with Crippen LogP contribution in [0.3, 0.4) is 0 Å². The van der Waals surface area contributed by atoms with E-state index in [9.17, 15) is 4.79 Å². The molecule has 1 aliphatic rings. The first kappa shape index (κ1) is 18.7. The Morgan fingerprint density at radius 1 is 1.29 bits per heavy atom. The smallest absolute Gasteiger partial charge is 0.244 e. The van der Waals surface area contributed by atoms with Gasteiger partial charge in [0.05, 0.1) is 18.3 Å². The lowest BCUT2D eigenvalue weighted by atomic mass is 9.98. The molecule has 28 heavy (non-hydrogen) atoms. The molecule has 0 N–H and O–H groups in total. The van der Waals surface area contributed by atoms with E-state index in [1.807, 2.05) is 42.3 Å². The molecule has 0 spiro atoms. The summed E-state index contributed by atoms with van der Waals surface area (Å²) < 4.78 is 7.70. The Morgan fingerprint density at radius 2 is 2.11 bits per heavy atom. The summed E-state index contributed by atoms with van der Waals surface area (Å²) >= 11 is 5.94. The maximum Gasteiger partial charge on any atom is 0.244 e. The van der Waals surface area contributed by atoms with Gasteiger partial charge in [-0.2, -0.15) is 5.10 Å². The van der Waals surface area contributed by atoms with Crippen molar-refractivity contribution in [3.8, 4) is 0 Å². The summed E-state index contributed by atoms with van der Waals surface area (Å²) in [5.74, 6) is 1.76. The van der Waals surface area contributed by atoms with Gasteiger partial charge in [-0.25, -0.2) is 4.98 Å². The van der Waals surface area contributed by atoms with Gasteiger partial charge in [-0.1, -0.05) is 23.7 Å². The number of hydrogen-bond acceptors (Lipinski definition) is 4. The minimum atomic E-state index is 0.0840. The molecule has 3 aromatic rings. The predicted molar refractivity (Wildman–Crippen MR) is 106 cm³/mol. The van der Waals surface area contributed by atoms with Crippen molar-refractivity contribution < 1.29 is 9.21 Å². The van der Waals surface area contributed by atoms with Crippen LogP contribution in [-0.2, 0) is 17.8 Å². The van der Waals surface area contributed by atoms with Crippen LogP contribution in [0.1, 0.15) is 41.5 Å². The first-order valence-electron chi connectivity index (χ1n) is 9.53. The van der Waals surface area contributed by atoms with Crippen molar-refractivity contribution in [3.05, 3.63) is 70.7 Å². The maximum atomic E-state index is 12.6. The Labute approximate surface area is 169 Å². The van der Waals surface area contributed by atoms with E-state index in [0.717, 1.165) is 47.2 Å². The normalized spacial score (nSPS) is 17.1. The van der Waals surface area contributed by atoms with E-state index in [1.54, 1.807) is 17.1 Å². The van der Waals surface area contributed by atoms with E-state index in [2.05, 4.69) is 10.1 Å². The number of carbonyl (C=O) groups is 1. The molecule has 3 heterocycles. The molecule has 2 aromatic heterocycles. The summed E-state index contributed by atoms with van der Waals surface area (Å²) in [6.45, 7) is 3.65. The molecule has 1 amide bonds. The van der Waals surface area contributed by atoms with Crippen LogP contribution in [-0.4, -0.2) is 38.7 Å². The number of carbonyl (C=O) groups excluding carboxylic acids is 1. The molecule has 146 valence electrons. The van der Waals surface area contributed by atoms with Crippen LogP contribution in [0.5, 0.6) is 0 Å². The molecule has 0 unspecified atom stereocenters. The molecule has 1 atom stereocenters. The molecule has 7 heteroatoms. The van der Waals surface area contributed by atoms with Crippen molar-refractivity contribution >= 4 is 17.5 Å². The van der Waals surface area contributed by atoms with Crippen LogP contribution in [0.15, 0.2) is 47.3 Å². The summed E-state index contributed by atoms with van der Waals surface area (Å²) in [7, 11) is 0. The number of halogens is 1. The second-order valence-electron chi connectivity index (χ2n) is 7.36. The summed E-state index contributed by atoms with van der Waals surface area (Å²) in [5, 5.41) is 4.93. The minimum Gasteiger partial charge on any atom is -0.445 e. The average Bonchev–Trinajstić information content (AvgIpc) is 3.33. The largest absolute Gasteiger partial charge is 0.445 e. The number of oxazole rings is 1. The van der Waals surface area contributed by atoms with Crippen molar-refractivity contribution in [3.63, 3.8) is 0 Å². The Hall–Kier alpha value is -2.60. The number of aromatic nitrogens is 3. The number of amides is 1. The Bertz CT molecular complexity index is 947. The summed E-state index contributed by atoms with van der Waals surface area (Å²) in [6.07, 6.45) is 8.04. The standard InChI is InChI=1S/C21H23ClN4O2/c1-15-10-24-26(12-15)14-20(27)25-8-2-3-17(13-25)21-23-11-19(28-21)9-16-4-6-18(22)7-5-16/h4-7,10-12,17H,2-3,8-9,13-14H2,1H3/t17-/m1/s1. The third-order valence-electron chi connectivity index (χ3n) is 5.05. The van der Waals surface area contributed by atoms with Gasteiger partial charge in [0.1, 0.15) is 12.3 Å². The molecular weight excluding hydrogens is 376 g/mol. The zero-order valence-electron chi connectivity index (χ0n) is 15.8. The molecule has 0 radical (unpaired) electrons. The molecule has 4 rings (SSSR count). The quantitative estimate of drug-likeness (QED) is 0.655. The number of nitrogens with zero attached hydrogens (tertiary/aromatic N) is 4. The zero-order valence-corrected chi connectivity index (χ0v) is 16.6. The summed E-state index contributed by atoms with van der Waals surface area (Å²) in [5.41, 5.74) is 2.18. The highest BCUT2D eigenvalue weighted by atomic mass is 35.5. The van der Waals surface area contributed by atoms with E-state index < -0.39 is 0 Å². The van der Waals surface area contributed by atoms with Crippen LogP contribution < -0.4 is 0 Å². The van der Waals surface area contributed by atoms with E-state index in [4.69, 9.17) is 16.0 Å². The highest BCUT2D eigenvalue weighted by Crippen LogP contribution is 2.27. The number of benzene rings is 1. The molecule has 1 saturated heterocycles. The zero-order chi connectivity index (χ0) is 19.5. The van der Waals surface area contributed by atoms with Crippen LogP contribution in [0.25, 0.3) is 0 Å². The number of likely N-dealkylation sites (tertiary alicyclic amines) is 1. The van der Waals surface area contributed by atoms with Gasteiger partial charge < -0.3 is 9.32 Å². The number of rotatable bonds is 5. The van der Waals surface area contributed by atoms with Crippen LogP contribution in [0.2, 0.25) is 5.02 Å². The van der Waals surface area contributed by atoms with Gasteiger partial charge in [-0.15, -0.1) is 0 Å². The van der Waals surface area contributed by atoms with E-state index >= 15 is 0 Å². The maximum absolute atomic E-state index is 12.6. The van der Waals surface area contributed by atoms with Gasteiger partial charge in [0.15, 0.2) is 5.89 Å². The first-order valence-corrected chi connectivity index (χ1v) is 9.90.